The first-order valence-corrected chi connectivity index (χ1v) is 6.82. The van der Waals surface area contributed by atoms with Crippen molar-refractivity contribution >= 4 is 0 Å². The van der Waals surface area contributed by atoms with E-state index in [0.29, 0.717) is 6.04 Å². The molecule has 0 saturated carbocycles. The summed E-state index contributed by atoms with van der Waals surface area (Å²) in [5.74, 6) is 0. The number of nitrogens with zero attached hydrogens (tertiary/aromatic N) is 2. The number of hydrogen-bond acceptors (Lipinski definition) is 2. The molecule has 1 N–H and O–H groups in total. The minimum absolute atomic E-state index is 0.522. The molecule has 0 aliphatic carbocycles. The summed E-state index contributed by atoms with van der Waals surface area (Å²) < 4.78 is 1.98. The molecule has 0 spiro atoms. The Morgan fingerprint density at radius 3 is 2.56 bits per heavy atom. The van der Waals surface area contributed by atoms with Crippen molar-refractivity contribution in [1.29, 1.82) is 0 Å². The fourth-order valence-corrected chi connectivity index (χ4v) is 2.34. The molecule has 0 aliphatic rings. The largest absolute Gasteiger partial charge is 0.314 e. The quantitative estimate of drug-likeness (QED) is 0.753. The molecule has 102 valence electrons. The van der Waals surface area contributed by atoms with Gasteiger partial charge in [-0.3, -0.25) is 4.68 Å². The third-order valence-corrected chi connectivity index (χ3v) is 3.52. The zero-order valence-electron chi connectivity index (χ0n) is 12.5. The second-order valence-corrected chi connectivity index (χ2v) is 5.23. The Kier molecular flexibility index (Phi) is 5.60. The predicted octanol–water partition coefficient (Wildman–Crippen LogP) is 2.91. The van der Waals surface area contributed by atoms with Gasteiger partial charge in [0.2, 0.25) is 0 Å². The molecule has 1 aromatic rings. The average Bonchev–Trinajstić information content (AvgIpc) is 2.53. The maximum Gasteiger partial charge on any atom is 0.0628 e. The maximum atomic E-state index is 4.49. The van der Waals surface area contributed by atoms with Crippen LogP contribution >= 0.6 is 0 Å². The van der Waals surface area contributed by atoms with E-state index < -0.39 is 0 Å². The summed E-state index contributed by atoms with van der Waals surface area (Å²) in [4.78, 5) is 0. The summed E-state index contributed by atoms with van der Waals surface area (Å²) in [6.45, 7) is 13.5. The lowest BCUT2D eigenvalue weighted by Crippen LogP contribution is -2.31. The van der Waals surface area contributed by atoms with E-state index in [4.69, 9.17) is 0 Å². The molecule has 1 aromatic heterocycles. The zero-order chi connectivity index (χ0) is 13.7. The number of allylic oxidation sites excluding steroid dienone is 1. The van der Waals surface area contributed by atoms with Gasteiger partial charge in [-0.25, -0.2) is 0 Å². The minimum atomic E-state index is 0.522. The second-order valence-electron chi connectivity index (χ2n) is 5.23. The number of rotatable bonds is 7. The molecule has 1 heterocycles. The van der Waals surface area contributed by atoms with Gasteiger partial charge in [-0.05, 0) is 52.1 Å². The summed E-state index contributed by atoms with van der Waals surface area (Å²) in [7, 11) is 2.02. The van der Waals surface area contributed by atoms with Crippen LogP contribution in [0.5, 0.6) is 0 Å². The molecule has 3 nitrogen and oxygen atoms in total. The van der Waals surface area contributed by atoms with Crippen LogP contribution in [0.1, 0.15) is 43.6 Å². The van der Waals surface area contributed by atoms with Crippen LogP contribution in [0.25, 0.3) is 0 Å². The summed E-state index contributed by atoms with van der Waals surface area (Å²) in [6.07, 6.45) is 3.31. The van der Waals surface area contributed by atoms with Gasteiger partial charge in [0.15, 0.2) is 0 Å². The smallest absolute Gasteiger partial charge is 0.0628 e. The average molecular weight is 249 g/mol. The zero-order valence-corrected chi connectivity index (χ0v) is 12.5. The van der Waals surface area contributed by atoms with E-state index in [0.717, 1.165) is 31.5 Å². The SMILES string of the molecule is C=C(C)CCC(Cc1c(C)nn(C)c1C)NCC. The highest BCUT2D eigenvalue weighted by Gasteiger charge is 2.15. The van der Waals surface area contributed by atoms with Gasteiger partial charge in [-0.15, -0.1) is 6.58 Å². The normalized spacial score (nSPS) is 12.7. The molecule has 1 rings (SSSR count). The van der Waals surface area contributed by atoms with Crippen LogP contribution in [0.3, 0.4) is 0 Å². The lowest BCUT2D eigenvalue weighted by molar-refractivity contribution is 0.489. The number of aryl methyl sites for hydroxylation is 2. The number of nitrogens with one attached hydrogen (secondary N) is 1. The van der Waals surface area contributed by atoms with Crippen molar-refractivity contribution in [2.24, 2.45) is 7.05 Å². The topological polar surface area (TPSA) is 29.9 Å². The molecule has 1 unspecified atom stereocenters. The van der Waals surface area contributed by atoms with Crippen molar-refractivity contribution in [3.05, 3.63) is 29.1 Å². The van der Waals surface area contributed by atoms with Crippen molar-refractivity contribution in [2.45, 2.75) is 53.0 Å². The third kappa shape index (κ3) is 3.98. The molecular formula is C15H27N3. The first-order valence-electron chi connectivity index (χ1n) is 6.82. The van der Waals surface area contributed by atoms with Crippen LogP contribution in [0, 0.1) is 13.8 Å². The summed E-state index contributed by atoms with van der Waals surface area (Å²) in [5, 5.41) is 8.06. The van der Waals surface area contributed by atoms with Gasteiger partial charge in [0, 0.05) is 18.8 Å². The first kappa shape index (κ1) is 15.0. The van der Waals surface area contributed by atoms with E-state index in [2.05, 4.69) is 44.7 Å². The van der Waals surface area contributed by atoms with Gasteiger partial charge in [-0.2, -0.15) is 5.10 Å². The van der Waals surface area contributed by atoms with Crippen LogP contribution in [-0.2, 0) is 13.5 Å². The van der Waals surface area contributed by atoms with E-state index in [9.17, 15) is 0 Å². The molecule has 18 heavy (non-hydrogen) atoms. The number of likely N-dealkylation sites (N-methyl/N-ethyl adjacent to an activating group) is 1. The van der Waals surface area contributed by atoms with Crippen molar-refractivity contribution in [2.75, 3.05) is 6.54 Å². The molecule has 1 atom stereocenters. The van der Waals surface area contributed by atoms with E-state index in [1.807, 2.05) is 11.7 Å². The van der Waals surface area contributed by atoms with Crippen LogP contribution < -0.4 is 5.32 Å². The van der Waals surface area contributed by atoms with E-state index in [1.165, 1.54) is 16.8 Å². The fraction of sp³-hybridized carbons (Fsp3) is 0.667. The van der Waals surface area contributed by atoms with Gasteiger partial charge >= 0.3 is 0 Å². The van der Waals surface area contributed by atoms with E-state index in [1.54, 1.807) is 0 Å². The second kappa shape index (κ2) is 6.74. The van der Waals surface area contributed by atoms with Gasteiger partial charge in [0.05, 0.1) is 5.69 Å². The van der Waals surface area contributed by atoms with Crippen molar-refractivity contribution in [3.8, 4) is 0 Å². The lowest BCUT2D eigenvalue weighted by Gasteiger charge is -2.18. The molecule has 0 amide bonds. The minimum Gasteiger partial charge on any atom is -0.314 e. The standard InChI is InChI=1S/C15H27N3/c1-7-16-14(9-8-11(2)3)10-15-12(4)17-18(6)13(15)5/h14,16H,2,7-10H2,1,3-6H3. The van der Waals surface area contributed by atoms with E-state index in [-0.39, 0.29) is 0 Å². The highest BCUT2D eigenvalue weighted by Crippen LogP contribution is 2.17. The van der Waals surface area contributed by atoms with Gasteiger partial charge in [0.1, 0.15) is 0 Å². The van der Waals surface area contributed by atoms with Gasteiger partial charge in [0.25, 0.3) is 0 Å². The Balaban J connectivity index is 2.72. The molecule has 0 aromatic carbocycles. The van der Waals surface area contributed by atoms with Crippen molar-refractivity contribution in [1.82, 2.24) is 15.1 Å². The highest BCUT2D eigenvalue weighted by molar-refractivity contribution is 5.25. The monoisotopic (exact) mass is 249 g/mol. The molecule has 0 bridgehead atoms. The molecule has 3 heteroatoms. The highest BCUT2D eigenvalue weighted by atomic mass is 15.3. The molecule has 0 fully saturated rings. The Morgan fingerprint density at radius 1 is 1.44 bits per heavy atom. The van der Waals surface area contributed by atoms with Crippen molar-refractivity contribution < 1.29 is 0 Å². The summed E-state index contributed by atoms with van der Waals surface area (Å²) in [5.41, 5.74) is 5.10. The summed E-state index contributed by atoms with van der Waals surface area (Å²) >= 11 is 0. The van der Waals surface area contributed by atoms with E-state index >= 15 is 0 Å². The Bertz CT molecular complexity index is 404. The van der Waals surface area contributed by atoms with Crippen LogP contribution in [0.15, 0.2) is 12.2 Å². The molecule has 0 saturated heterocycles. The Morgan fingerprint density at radius 2 is 2.11 bits per heavy atom. The number of aromatic nitrogens is 2. The lowest BCUT2D eigenvalue weighted by atomic mass is 9.98. The third-order valence-electron chi connectivity index (χ3n) is 3.52. The van der Waals surface area contributed by atoms with Crippen LogP contribution in [-0.4, -0.2) is 22.4 Å². The maximum absolute atomic E-state index is 4.49. The van der Waals surface area contributed by atoms with Gasteiger partial charge < -0.3 is 5.32 Å². The van der Waals surface area contributed by atoms with Crippen LogP contribution in [0.4, 0.5) is 0 Å². The predicted molar refractivity (Wildman–Crippen MR) is 77.9 cm³/mol. The van der Waals surface area contributed by atoms with Crippen LogP contribution in [0.2, 0.25) is 0 Å². The Hall–Kier alpha value is -1.09. The first-order chi connectivity index (χ1) is 8.45. The Labute approximate surface area is 111 Å². The van der Waals surface area contributed by atoms with Gasteiger partial charge in [-0.1, -0.05) is 12.5 Å². The van der Waals surface area contributed by atoms with Crippen molar-refractivity contribution in [3.63, 3.8) is 0 Å². The molecular weight excluding hydrogens is 222 g/mol. The fourth-order valence-electron chi connectivity index (χ4n) is 2.34. The molecule has 0 radical (unpaired) electrons. The molecule has 0 aliphatic heterocycles. The summed E-state index contributed by atoms with van der Waals surface area (Å²) in [6, 6.07) is 0.522. The number of hydrogen-bond donors (Lipinski definition) is 1.